The number of benzene rings is 2. The molecule has 2 aromatic rings. The first-order valence-corrected chi connectivity index (χ1v) is 6.04. The molecule has 2 rings (SSSR count). The van der Waals surface area contributed by atoms with Crippen LogP contribution in [0.25, 0.3) is 0 Å². The number of aromatic carboxylic acids is 1. The maximum atomic E-state index is 12.8. The van der Waals surface area contributed by atoms with Gasteiger partial charge in [-0.3, -0.25) is 0 Å². The van der Waals surface area contributed by atoms with E-state index >= 15 is 0 Å². The largest absolute Gasteiger partial charge is 0.478 e. The Morgan fingerprint density at radius 2 is 1.76 bits per heavy atom. The van der Waals surface area contributed by atoms with Crippen LogP contribution in [0.1, 0.15) is 15.9 Å². The Kier molecular flexibility index (Phi) is 4.09. The van der Waals surface area contributed by atoms with Gasteiger partial charge in [-0.25, -0.2) is 4.79 Å². The monoisotopic (exact) mass is 316 g/mol. The summed E-state index contributed by atoms with van der Waals surface area (Å²) in [5, 5.41) is 8.70. The molecule has 3 nitrogen and oxygen atoms in total. The lowest BCUT2D eigenvalue weighted by molar-refractivity contribution is -0.138. The van der Waals surface area contributed by atoms with E-state index in [0.29, 0.717) is 0 Å². The van der Waals surface area contributed by atoms with Crippen LogP contribution >= 0.6 is 11.6 Å². The number of carboxylic acids is 1. The van der Waals surface area contributed by atoms with Crippen LogP contribution in [-0.4, -0.2) is 11.1 Å². The summed E-state index contributed by atoms with van der Waals surface area (Å²) < 4.78 is 43.6. The molecule has 0 aromatic heterocycles. The summed E-state index contributed by atoms with van der Waals surface area (Å²) in [7, 11) is 0. The minimum atomic E-state index is -4.57. The number of halogens is 4. The molecule has 0 heterocycles. The van der Waals surface area contributed by atoms with Crippen molar-refractivity contribution in [2.75, 3.05) is 0 Å². The van der Waals surface area contributed by atoms with Crippen molar-refractivity contribution < 1.29 is 27.8 Å². The third-order valence-electron chi connectivity index (χ3n) is 2.59. The van der Waals surface area contributed by atoms with Gasteiger partial charge in [0, 0.05) is 0 Å². The quantitative estimate of drug-likeness (QED) is 0.880. The standard InChI is InChI=1S/C14H8ClF3O3/c15-10-7-8(13(19)20)5-6-12(10)21-11-4-2-1-3-9(11)14(16,17)18/h1-7H,(H,19,20). The van der Waals surface area contributed by atoms with Gasteiger partial charge in [0.25, 0.3) is 0 Å². The summed E-state index contributed by atoms with van der Waals surface area (Å²) in [6.45, 7) is 0. The third-order valence-corrected chi connectivity index (χ3v) is 2.89. The first kappa shape index (κ1) is 15.2. The molecule has 0 aliphatic carbocycles. The van der Waals surface area contributed by atoms with Crippen molar-refractivity contribution in [3.63, 3.8) is 0 Å². The van der Waals surface area contributed by atoms with Gasteiger partial charge in [0.05, 0.1) is 16.1 Å². The van der Waals surface area contributed by atoms with E-state index < -0.39 is 23.5 Å². The Bertz CT molecular complexity index is 683. The minimum absolute atomic E-state index is 0.0571. The van der Waals surface area contributed by atoms with Gasteiger partial charge in [-0.15, -0.1) is 0 Å². The van der Waals surface area contributed by atoms with Gasteiger partial charge >= 0.3 is 12.1 Å². The number of para-hydroxylation sites is 1. The SMILES string of the molecule is O=C(O)c1ccc(Oc2ccccc2C(F)(F)F)c(Cl)c1. The van der Waals surface area contributed by atoms with Crippen molar-refractivity contribution >= 4 is 17.6 Å². The minimum Gasteiger partial charge on any atom is -0.478 e. The van der Waals surface area contributed by atoms with Gasteiger partial charge in [0.2, 0.25) is 0 Å². The van der Waals surface area contributed by atoms with Gasteiger partial charge in [0.1, 0.15) is 11.5 Å². The molecule has 110 valence electrons. The lowest BCUT2D eigenvalue weighted by Gasteiger charge is -2.14. The second kappa shape index (κ2) is 5.65. The maximum absolute atomic E-state index is 12.8. The van der Waals surface area contributed by atoms with Gasteiger partial charge in [-0.2, -0.15) is 13.2 Å². The molecule has 0 spiro atoms. The van der Waals surface area contributed by atoms with Gasteiger partial charge < -0.3 is 9.84 Å². The highest BCUT2D eigenvalue weighted by Crippen LogP contribution is 2.39. The van der Waals surface area contributed by atoms with Crippen molar-refractivity contribution in [2.24, 2.45) is 0 Å². The van der Waals surface area contributed by atoms with Gasteiger partial charge in [-0.1, -0.05) is 23.7 Å². The molecular weight excluding hydrogens is 309 g/mol. The molecule has 0 unspecified atom stereocenters. The van der Waals surface area contributed by atoms with E-state index in [4.69, 9.17) is 21.4 Å². The topological polar surface area (TPSA) is 46.5 Å². The molecule has 0 fully saturated rings. The summed E-state index contributed by atoms with van der Waals surface area (Å²) in [5.74, 6) is -1.66. The lowest BCUT2D eigenvalue weighted by atomic mass is 10.2. The first-order valence-electron chi connectivity index (χ1n) is 5.66. The zero-order valence-electron chi connectivity index (χ0n) is 10.3. The smallest absolute Gasteiger partial charge is 0.419 e. The van der Waals surface area contributed by atoms with Crippen molar-refractivity contribution in [1.29, 1.82) is 0 Å². The number of rotatable bonds is 3. The van der Waals surface area contributed by atoms with Crippen molar-refractivity contribution in [2.45, 2.75) is 6.18 Å². The Labute approximate surface area is 122 Å². The molecule has 0 aliphatic heterocycles. The summed E-state index contributed by atoms with van der Waals surface area (Å²) in [6, 6.07) is 8.18. The summed E-state index contributed by atoms with van der Waals surface area (Å²) in [4.78, 5) is 10.8. The highest BCUT2D eigenvalue weighted by atomic mass is 35.5. The molecule has 0 amide bonds. The molecule has 7 heteroatoms. The predicted molar refractivity (Wildman–Crippen MR) is 69.9 cm³/mol. The predicted octanol–water partition coefficient (Wildman–Crippen LogP) is 4.85. The summed E-state index contributed by atoms with van der Waals surface area (Å²) in [5.41, 5.74) is -1.03. The fourth-order valence-electron chi connectivity index (χ4n) is 1.62. The van der Waals surface area contributed by atoms with Crippen LogP contribution in [0.3, 0.4) is 0 Å². The van der Waals surface area contributed by atoms with Crippen molar-refractivity contribution in [1.82, 2.24) is 0 Å². The van der Waals surface area contributed by atoms with E-state index in [-0.39, 0.29) is 16.3 Å². The van der Waals surface area contributed by atoms with E-state index in [1.54, 1.807) is 0 Å². The number of alkyl halides is 3. The zero-order chi connectivity index (χ0) is 15.6. The fraction of sp³-hybridized carbons (Fsp3) is 0.0714. The van der Waals surface area contributed by atoms with E-state index in [9.17, 15) is 18.0 Å². The number of carbonyl (C=O) groups is 1. The molecule has 0 atom stereocenters. The zero-order valence-corrected chi connectivity index (χ0v) is 11.1. The molecule has 2 aromatic carbocycles. The molecule has 0 radical (unpaired) electrons. The summed E-state index contributed by atoms with van der Waals surface area (Å²) >= 11 is 5.82. The fourth-order valence-corrected chi connectivity index (χ4v) is 1.84. The number of hydrogen-bond donors (Lipinski definition) is 1. The third kappa shape index (κ3) is 3.46. The van der Waals surface area contributed by atoms with Crippen molar-refractivity contribution in [3.05, 3.63) is 58.6 Å². The Hall–Kier alpha value is -2.21. The van der Waals surface area contributed by atoms with Gasteiger partial charge in [0.15, 0.2) is 0 Å². The average Bonchev–Trinajstić information content (AvgIpc) is 2.40. The van der Waals surface area contributed by atoms with Crippen LogP contribution in [0.2, 0.25) is 5.02 Å². The Balaban J connectivity index is 2.38. The van der Waals surface area contributed by atoms with E-state index in [2.05, 4.69) is 0 Å². The second-order valence-corrected chi connectivity index (χ2v) is 4.45. The summed E-state index contributed by atoms with van der Waals surface area (Å²) in [6.07, 6.45) is -4.57. The van der Waals surface area contributed by atoms with Crippen LogP contribution in [0.5, 0.6) is 11.5 Å². The molecule has 0 saturated carbocycles. The van der Waals surface area contributed by atoms with Crippen LogP contribution in [0.15, 0.2) is 42.5 Å². The van der Waals surface area contributed by atoms with Crippen LogP contribution < -0.4 is 4.74 Å². The van der Waals surface area contributed by atoms with E-state index in [1.807, 2.05) is 0 Å². The maximum Gasteiger partial charge on any atom is 0.419 e. The van der Waals surface area contributed by atoms with Gasteiger partial charge in [-0.05, 0) is 30.3 Å². The van der Waals surface area contributed by atoms with Crippen LogP contribution in [0, 0.1) is 0 Å². The highest BCUT2D eigenvalue weighted by molar-refractivity contribution is 6.32. The Morgan fingerprint density at radius 1 is 1.10 bits per heavy atom. The average molecular weight is 317 g/mol. The molecule has 21 heavy (non-hydrogen) atoms. The van der Waals surface area contributed by atoms with E-state index in [1.165, 1.54) is 24.3 Å². The second-order valence-electron chi connectivity index (χ2n) is 4.05. The molecule has 0 aliphatic rings. The molecule has 0 bridgehead atoms. The molecular formula is C14H8ClF3O3. The first-order chi connectivity index (χ1) is 9.79. The van der Waals surface area contributed by atoms with Crippen molar-refractivity contribution in [3.8, 4) is 11.5 Å². The normalized spacial score (nSPS) is 11.2. The highest BCUT2D eigenvalue weighted by Gasteiger charge is 2.34. The number of hydrogen-bond acceptors (Lipinski definition) is 2. The van der Waals surface area contributed by atoms with E-state index in [0.717, 1.165) is 18.2 Å². The Morgan fingerprint density at radius 3 is 2.33 bits per heavy atom. The lowest BCUT2D eigenvalue weighted by Crippen LogP contribution is -2.07. The van der Waals surface area contributed by atoms with Crippen LogP contribution in [-0.2, 0) is 6.18 Å². The molecule has 0 saturated heterocycles. The molecule has 1 N–H and O–H groups in total. The number of carboxylic acid groups (broad SMARTS) is 1. The number of ether oxygens (including phenoxy) is 1. The van der Waals surface area contributed by atoms with Crippen LogP contribution in [0.4, 0.5) is 13.2 Å².